The quantitative estimate of drug-likeness (QED) is 0.261. The standard InChI is InChI=1S/C23H21ClN4O2S2/c1-29-19-8-4-2-6-17(19)22-25-15(13-31-22)14-32-23-27-26-21(28(23)16-10-11-16)12-30-20-9-5-3-7-18(20)24/h2-9,13,16H,10-12,14H2,1H3. The molecule has 9 heteroatoms. The highest BCUT2D eigenvalue weighted by Crippen LogP contribution is 2.40. The second-order valence-electron chi connectivity index (χ2n) is 7.35. The van der Waals surface area contributed by atoms with E-state index in [9.17, 15) is 0 Å². The number of ether oxygens (including phenoxy) is 2. The number of thiazole rings is 1. The molecule has 0 saturated heterocycles. The van der Waals surface area contributed by atoms with Gasteiger partial charge in [0.2, 0.25) is 0 Å². The van der Waals surface area contributed by atoms with Gasteiger partial charge in [-0.3, -0.25) is 4.57 Å². The molecule has 2 heterocycles. The summed E-state index contributed by atoms with van der Waals surface area (Å²) in [5, 5.41) is 13.4. The van der Waals surface area contributed by atoms with E-state index in [1.807, 2.05) is 48.5 Å². The van der Waals surface area contributed by atoms with Crippen molar-refractivity contribution >= 4 is 34.7 Å². The first-order valence-electron chi connectivity index (χ1n) is 10.2. The van der Waals surface area contributed by atoms with Crippen LogP contribution in [0.5, 0.6) is 11.5 Å². The lowest BCUT2D eigenvalue weighted by Gasteiger charge is -2.10. The van der Waals surface area contributed by atoms with Crippen molar-refractivity contribution in [1.29, 1.82) is 0 Å². The zero-order valence-electron chi connectivity index (χ0n) is 17.4. The molecule has 6 nitrogen and oxygen atoms in total. The minimum atomic E-state index is 0.336. The van der Waals surface area contributed by atoms with Gasteiger partial charge in [0.15, 0.2) is 11.0 Å². The van der Waals surface area contributed by atoms with Crippen molar-refractivity contribution < 1.29 is 9.47 Å². The summed E-state index contributed by atoms with van der Waals surface area (Å²) in [5.41, 5.74) is 2.02. The summed E-state index contributed by atoms with van der Waals surface area (Å²) in [4.78, 5) is 4.81. The van der Waals surface area contributed by atoms with Crippen LogP contribution in [-0.2, 0) is 12.4 Å². The van der Waals surface area contributed by atoms with Gasteiger partial charge in [-0.2, -0.15) is 0 Å². The maximum Gasteiger partial charge on any atom is 0.191 e. The largest absolute Gasteiger partial charge is 0.496 e. The van der Waals surface area contributed by atoms with Crippen molar-refractivity contribution in [2.75, 3.05) is 7.11 Å². The van der Waals surface area contributed by atoms with Crippen LogP contribution in [-0.4, -0.2) is 26.9 Å². The smallest absolute Gasteiger partial charge is 0.191 e. The zero-order valence-corrected chi connectivity index (χ0v) is 19.8. The highest BCUT2D eigenvalue weighted by Gasteiger charge is 2.30. The molecule has 0 aliphatic heterocycles. The van der Waals surface area contributed by atoms with E-state index >= 15 is 0 Å². The molecule has 164 valence electrons. The van der Waals surface area contributed by atoms with Crippen molar-refractivity contribution in [2.24, 2.45) is 0 Å². The summed E-state index contributed by atoms with van der Waals surface area (Å²) in [5.74, 6) is 3.03. The fourth-order valence-electron chi connectivity index (χ4n) is 3.36. The first-order valence-corrected chi connectivity index (χ1v) is 12.5. The van der Waals surface area contributed by atoms with E-state index in [1.165, 1.54) is 0 Å². The van der Waals surface area contributed by atoms with Crippen LogP contribution in [0.25, 0.3) is 10.6 Å². The molecule has 0 bridgehead atoms. The number of halogens is 1. The highest BCUT2D eigenvalue weighted by atomic mass is 35.5. The SMILES string of the molecule is COc1ccccc1-c1nc(CSc2nnc(COc3ccccc3Cl)n2C2CC2)cs1. The van der Waals surface area contributed by atoms with Gasteiger partial charge in [-0.25, -0.2) is 4.98 Å². The maximum absolute atomic E-state index is 6.21. The van der Waals surface area contributed by atoms with Gasteiger partial charge >= 0.3 is 0 Å². The van der Waals surface area contributed by atoms with Crippen molar-refractivity contribution in [3.8, 4) is 22.1 Å². The molecule has 4 aromatic rings. The topological polar surface area (TPSA) is 62.1 Å². The second-order valence-corrected chi connectivity index (χ2v) is 9.56. The molecule has 1 aliphatic rings. The van der Waals surface area contributed by atoms with Crippen LogP contribution >= 0.6 is 34.7 Å². The second kappa shape index (κ2) is 9.52. The number of hydrogen-bond donors (Lipinski definition) is 0. The summed E-state index contributed by atoms with van der Waals surface area (Å²) in [7, 11) is 1.68. The first-order chi connectivity index (χ1) is 15.7. The molecular weight excluding hydrogens is 464 g/mol. The Hall–Kier alpha value is -2.55. The van der Waals surface area contributed by atoms with Crippen LogP contribution in [0.1, 0.15) is 30.4 Å². The highest BCUT2D eigenvalue weighted by molar-refractivity contribution is 7.98. The molecule has 0 N–H and O–H groups in total. The normalized spacial score (nSPS) is 13.3. The lowest BCUT2D eigenvalue weighted by Crippen LogP contribution is -2.07. The average molecular weight is 485 g/mol. The predicted molar refractivity (Wildman–Crippen MR) is 128 cm³/mol. The van der Waals surface area contributed by atoms with Crippen molar-refractivity contribution in [1.82, 2.24) is 19.7 Å². The van der Waals surface area contributed by atoms with E-state index in [2.05, 4.69) is 20.1 Å². The molecular formula is C23H21ClN4O2S2. The monoisotopic (exact) mass is 484 g/mol. The number of benzene rings is 2. The van der Waals surface area contributed by atoms with Gasteiger partial charge in [-0.15, -0.1) is 21.5 Å². The molecule has 1 fully saturated rings. The van der Waals surface area contributed by atoms with E-state index in [1.54, 1.807) is 30.2 Å². The Labute approximate surface area is 199 Å². The maximum atomic E-state index is 6.21. The number of nitrogens with zero attached hydrogens (tertiary/aromatic N) is 4. The molecule has 0 amide bonds. The molecule has 5 rings (SSSR count). The zero-order chi connectivity index (χ0) is 21.9. The third kappa shape index (κ3) is 4.62. The van der Waals surface area contributed by atoms with Crippen molar-refractivity contribution in [3.63, 3.8) is 0 Å². The number of methoxy groups -OCH3 is 1. The van der Waals surface area contributed by atoms with Crippen LogP contribution in [0, 0.1) is 0 Å². The van der Waals surface area contributed by atoms with E-state index in [0.717, 1.165) is 51.6 Å². The number of para-hydroxylation sites is 2. The van der Waals surface area contributed by atoms with Gasteiger partial charge in [-0.1, -0.05) is 47.6 Å². The Bertz CT molecular complexity index is 1220. The van der Waals surface area contributed by atoms with Gasteiger partial charge in [0.1, 0.15) is 23.1 Å². The van der Waals surface area contributed by atoms with E-state index in [0.29, 0.717) is 23.4 Å². The molecule has 1 aliphatic carbocycles. The number of rotatable bonds is 9. The van der Waals surface area contributed by atoms with Gasteiger partial charge in [-0.05, 0) is 37.1 Å². The third-order valence-corrected chi connectivity index (χ3v) is 7.29. The Morgan fingerprint density at radius 3 is 2.66 bits per heavy atom. The van der Waals surface area contributed by atoms with Crippen molar-refractivity contribution in [2.45, 2.75) is 36.4 Å². The van der Waals surface area contributed by atoms with E-state index in [4.69, 9.17) is 26.1 Å². The Morgan fingerprint density at radius 2 is 1.88 bits per heavy atom. The molecule has 0 spiro atoms. The molecule has 32 heavy (non-hydrogen) atoms. The van der Waals surface area contributed by atoms with Gasteiger partial charge < -0.3 is 9.47 Å². The number of hydrogen-bond acceptors (Lipinski definition) is 7. The van der Waals surface area contributed by atoms with E-state index < -0.39 is 0 Å². The van der Waals surface area contributed by atoms with Crippen LogP contribution in [0.4, 0.5) is 0 Å². The molecule has 0 atom stereocenters. The molecule has 2 aromatic heterocycles. The van der Waals surface area contributed by atoms with Crippen LogP contribution in [0.2, 0.25) is 5.02 Å². The summed E-state index contributed by atoms with van der Waals surface area (Å²) >= 11 is 9.48. The van der Waals surface area contributed by atoms with Crippen LogP contribution in [0.3, 0.4) is 0 Å². The summed E-state index contributed by atoms with van der Waals surface area (Å²) in [6, 6.07) is 15.8. The summed E-state index contributed by atoms with van der Waals surface area (Å²) in [6.07, 6.45) is 2.28. The van der Waals surface area contributed by atoms with Crippen molar-refractivity contribution in [3.05, 3.63) is 70.5 Å². The Kier molecular flexibility index (Phi) is 6.34. The Balaban J connectivity index is 1.28. The average Bonchev–Trinajstić information content (AvgIpc) is 3.40. The predicted octanol–water partition coefficient (Wildman–Crippen LogP) is 6.27. The first kappa shape index (κ1) is 21.3. The summed E-state index contributed by atoms with van der Waals surface area (Å²) < 4.78 is 13.6. The fourth-order valence-corrected chi connectivity index (χ4v) is 5.43. The van der Waals surface area contributed by atoms with Crippen LogP contribution in [0.15, 0.2) is 59.1 Å². The van der Waals surface area contributed by atoms with Crippen LogP contribution < -0.4 is 9.47 Å². The van der Waals surface area contributed by atoms with E-state index in [-0.39, 0.29) is 0 Å². The molecule has 0 radical (unpaired) electrons. The van der Waals surface area contributed by atoms with Gasteiger partial charge in [0.05, 0.1) is 23.4 Å². The lowest BCUT2D eigenvalue weighted by atomic mass is 10.2. The minimum absolute atomic E-state index is 0.336. The summed E-state index contributed by atoms with van der Waals surface area (Å²) in [6.45, 7) is 0.336. The lowest BCUT2D eigenvalue weighted by molar-refractivity contribution is 0.288. The number of aromatic nitrogens is 4. The van der Waals surface area contributed by atoms with Gasteiger partial charge in [0.25, 0.3) is 0 Å². The molecule has 1 saturated carbocycles. The molecule has 0 unspecified atom stereocenters. The molecule has 2 aromatic carbocycles. The third-order valence-electron chi connectivity index (χ3n) is 5.08. The Morgan fingerprint density at radius 1 is 1.09 bits per heavy atom. The minimum Gasteiger partial charge on any atom is -0.496 e. The number of thioether (sulfide) groups is 1. The fraction of sp³-hybridized carbons (Fsp3) is 0.261. The van der Waals surface area contributed by atoms with Gasteiger partial charge in [0, 0.05) is 17.2 Å².